The lowest BCUT2D eigenvalue weighted by molar-refractivity contribution is -0.151. The van der Waals surface area contributed by atoms with E-state index in [4.69, 9.17) is 9.47 Å². The van der Waals surface area contributed by atoms with E-state index in [0.29, 0.717) is 18.0 Å². The molecule has 2 amide bonds. The van der Waals surface area contributed by atoms with Crippen molar-refractivity contribution >= 4 is 35.2 Å². The first-order valence-corrected chi connectivity index (χ1v) is 10.4. The molecule has 0 bridgehead atoms. The van der Waals surface area contributed by atoms with Crippen LogP contribution in [0.3, 0.4) is 0 Å². The van der Waals surface area contributed by atoms with Gasteiger partial charge in [0.25, 0.3) is 11.8 Å². The maximum absolute atomic E-state index is 12.0. The van der Waals surface area contributed by atoms with E-state index in [0.717, 1.165) is 11.5 Å². The third-order valence-corrected chi connectivity index (χ3v) is 5.13. The molecule has 1 heterocycles. The molecule has 8 heteroatoms. The first-order chi connectivity index (χ1) is 14.1. The minimum Gasteiger partial charge on any atom is -0.478 e. The molecule has 29 heavy (non-hydrogen) atoms. The molecule has 0 fully saturated rings. The normalized spacial score (nSPS) is 14.9. The molecule has 1 aliphatic rings. The summed E-state index contributed by atoms with van der Waals surface area (Å²) >= 11 is 1.71. The van der Waals surface area contributed by atoms with E-state index < -0.39 is 18.0 Å². The van der Waals surface area contributed by atoms with E-state index in [2.05, 4.69) is 22.8 Å². The van der Waals surface area contributed by atoms with Gasteiger partial charge in [0, 0.05) is 18.1 Å². The number of rotatable bonds is 9. The van der Waals surface area contributed by atoms with E-state index in [1.54, 1.807) is 36.0 Å². The van der Waals surface area contributed by atoms with Crippen LogP contribution in [0.2, 0.25) is 0 Å². The number of para-hydroxylation sites is 2. The van der Waals surface area contributed by atoms with Gasteiger partial charge in [-0.1, -0.05) is 42.5 Å². The van der Waals surface area contributed by atoms with Crippen LogP contribution in [0, 0.1) is 0 Å². The average Bonchev–Trinajstić information content (AvgIpc) is 2.73. The van der Waals surface area contributed by atoms with Crippen molar-refractivity contribution in [3.05, 3.63) is 60.2 Å². The zero-order valence-electron chi connectivity index (χ0n) is 15.8. The van der Waals surface area contributed by atoms with Gasteiger partial charge in [0.2, 0.25) is 0 Å². The first kappa shape index (κ1) is 20.7. The van der Waals surface area contributed by atoms with Gasteiger partial charge in [0.15, 0.2) is 12.7 Å². The SMILES string of the molecule is O=C(COC(=O)C[C@@H]1Oc2ccccc2NC1=O)NCCSCc1ccccc1. The quantitative estimate of drug-likeness (QED) is 0.483. The zero-order valence-corrected chi connectivity index (χ0v) is 16.6. The summed E-state index contributed by atoms with van der Waals surface area (Å²) in [6, 6.07) is 17.0. The maximum atomic E-state index is 12.0. The Labute approximate surface area is 173 Å². The maximum Gasteiger partial charge on any atom is 0.310 e. The van der Waals surface area contributed by atoms with E-state index in [1.807, 2.05) is 18.2 Å². The minimum atomic E-state index is -0.977. The summed E-state index contributed by atoms with van der Waals surface area (Å²) in [6.07, 6.45) is -1.24. The topological polar surface area (TPSA) is 93.7 Å². The highest BCUT2D eigenvalue weighted by molar-refractivity contribution is 7.98. The fourth-order valence-electron chi connectivity index (χ4n) is 2.66. The summed E-state index contributed by atoms with van der Waals surface area (Å²) in [5.41, 5.74) is 1.79. The summed E-state index contributed by atoms with van der Waals surface area (Å²) in [4.78, 5) is 35.7. The van der Waals surface area contributed by atoms with Gasteiger partial charge in [-0.15, -0.1) is 0 Å². The predicted molar refractivity (Wildman–Crippen MR) is 111 cm³/mol. The van der Waals surface area contributed by atoms with Gasteiger partial charge in [-0.05, 0) is 17.7 Å². The number of ether oxygens (including phenoxy) is 2. The molecule has 0 unspecified atom stereocenters. The van der Waals surface area contributed by atoms with Crippen molar-refractivity contribution in [2.75, 3.05) is 24.2 Å². The van der Waals surface area contributed by atoms with Crippen LogP contribution in [0.15, 0.2) is 54.6 Å². The Balaban J connectivity index is 1.30. The predicted octanol–water partition coefficient (Wildman–Crippen LogP) is 2.37. The first-order valence-electron chi connectivity index (χ1n) is 9.22. The second-order valence-corrected chi connectivity index (χ2v) is 7.45. The molecule has 1 atom stereocenters. The smallest absolute Gasteiger partial charge is 0.310 e. The summed E-state index contributed by atoms with van der Waals surface area (Å²) in [7, 11) is 0. The van der Waals surface area contributed by atoms with Crippen molar-refractivity contribution in [2.24, 2.45) is 0 Å². The van der Waals surface area contributed by atoms with Gasteiger partial charge in [0.1, 0.15) is 5.75 Å². The minimum absolute atomic E-state index is 0.264. The van der Waals surface area contributed by atoms with Gasteiger partial charge in [-0.2, -0.15) is 11.8 Å². The number of carbonyl (C=O) groups is 3. The van der Waals surface area contributed by atoms with Crippen LogP contribution < -0.4 is 15.4 Å². The molecule has 0 saturated carbocycles. The molecule has 3 rings (SSSR count). The molecule has 2 N–H and O–H groups in total. The van der Waals surface area contributed by atoms with E-state index in [1.165, 1.54) is 5.56 Å². The number of amides is 2. The van der Waals surface area contributed by atoms with Crippen molar-refractivity contribution < 1.29 is 23.9 Å². The molecule has 0 radical (unpaired) electrons. The summed E-state index contributed by atoms with van der Waals surface area (Å²) in [6.45, 7) is 0.103. The molecule has 2 aromatic carbocycles. The Hall–Kier alpha value is -3.00. The summed E-state index contributed by atoms with van der Waals surface area (Å²) in [5, 5.41) is 5.38. The highest BCUT2D eigenvalue weighted by Crippen LogP contribution is 2.29. The molecule has 7 nitrogen and oxygen atoms in total. The van der Waals surface area contributed by atoms with Crippen molar-refractivity contribution in [1.29, 1.82) is 0 Å². The van der Waals surface area contributed by atoms with Gasteiger partial charge in [0.05, 0.1) is 12.1 Å². The van der Waals surface area contributed by atoms with Crippen LogP contribution in [-0.2, 0) is 24.9 Å². The molecule has 0 aromatic heterocycles. The highest BCUT2D eigenvalue weighted by Gasteiger charge is 2.30. The highest BCUT2D eigenvalue weighted by atomic mass is 32.2. The lowest BCUT2D eigenvalue weighted by Gasteiger charge is -2.25. The third kappa shape index (κ3) is 6.53. The fraction of sp³-hybridized carbons (Fsp3) is 0.286. The fourth-order valence-corrected chi connectivity index (χ4v) is 3.48. The number of thioether (sulfide) groups is 1. The monoisotopic (exact) mass is 414 g/mol. The third-order valence-electron chi connectivity index (χ3n) is 4.10. The Morgan fingerprint density at radius 2 is 1.86 bits per heavy atom. The Bertz CT molecular complexity index is 859. The standard InChI is InChI=1S/C21H22N2O5S/c24-19(22-10-11-29-14-15-6-2-1-3-7-15)13-27-20(25)12-18-21(26)23-16-8-4-5-9-17(16)28-18/h1-9,18H,10-14H2,(H,22,24)(H,23,26)/t18-/m0/s1. The number of fused-ring (bicyclic) bond motifs is 1. The Morgan fingerprint density at radius 1 is 1.10 bits per heavy atom. The van der Waals surface area contributed by atoms with Crippen LogP contribution in [0.1, 0.15) is 12.0 Å². The van der Waals surface area contributed by atoms with E-state index in [-0.39, 0.29) is 18.9 Å². The van der Waals surface area contributed by atoms with Crippen molar-refractivity contribution in [1.82, 2.24) is 5.32 Å². The zero-order chi connectivity index (χ0) is 20.5. The number of nitrogens with one attached hydrogen (secondary N) is 2. The molecule has 0 spiro atoms. The summed E-state index contributed by atoms with van der Waals surface area (Å²) in [5.74, 6) is 0.662. The average molecular weight is 414 g/mol. The molecule has 0 saturated heterocycles. The largest absolute Gasteiger partial charge is 0.478 e. The second kappa shape index (κ2) is 10.5. The van der Waals surface area contributed by atoms with Crippen molar-refractivity contribution in [3.8, 4) is 5.75 Å². The lowest BCUT2D eigenvalue weighted by Crippen LogP contribution is -2.39. The molecular weight excluding hydrogens is 392 g/mol. The number of hydrogen-bond donors (Lipinski definition) is 2. The van der Waals surface area contributed by atoms with Crippen LogP contribution in [0.25, 0.3) is 0 Å². The number of benzene rings is 2. The Morgan fingerprint density at radius 3 is 2.69 bits per heavy atom. The molecular formula is C21H22N2O5S. The van der Waals surface area contributed by atoms with Crippen LogP contribution in [0.5, 0.6) is 5.75 Å². The lowest BCUT2D eigenvalue weighted by atomic mass is 10.1. The van der Waals surface area contributed by atoms with Gasteiger partial charge < -0.3 is 20.1 Å². The van der Waals surface area contributed by atoms with E-state index in [9.17, 15) is 14.4 Å². The number of anilines is 1. The van der Waals surface area contributed by atoms with Crippen molar-refractivity contribution in [2.45, 2.75) is 18.3 Å². The van der Waals surface area contributed by atoms with E-state index >= 15 is 0 Å². The van der Waals surface area contributed by atoms with Crippen LogP contribution in [0.4, 0.5) is 5.69 Å². The number of esters is 1. The second-order valence-electron chi connectivity index (χ2n) is 6.34. The number of carbonyl (C=O) groups excluding carboxylic acids is 3. The van der Waals surface area contributed by atoms with Crippen molar-refractivity contribution in [3.63, 3.8) is 0 Å². The van der Waals surface area contributed by atoms with Gasteiger partial charge in [-0.25, -0.2) is 0 Å². The van der Waals surface area contributed by atoms with Crippen LogP contribution in [-0.4, -0.2) is 42.8 Å². The molecule has 2 aromatic rings. The Kier molecular flexibility index (Phi) is 7.52. The van der Waals surface area contributed by atoms with Gasteiger partial charge >= 0.3 is 5.97 Å². The van der Waals surface area contributed by atoms with Crippen LogP contribution >= 0.6 is 11.8 Å². The molecule has 0 aliphatic carbocycles. The molecule has 152 valence electrons. The van der Waals surface area contributed by atoms with Gasteiger partial charge in [-0.3, -0.25) is 14.4 Å². The summed E-state index contributed by atoms with van der Waals surface area (Å²) < 4.78 is 10.5. The molecule has 1 aliphatic heterocycles. The number of hydrogen-bond acceptors (Lipinski definition) is 6.